The molecular weight excluding hydrogens is 439 g/mol. The molecule has 3 rings (SSSR count). The predicted octanol–water partition coefficient (Wildman–Crippen LogP) is 5.11. The minimum absolute atomic E-state index is 0.185. The number of amides is 1. The van der Waals surface area contributed by atoms with Gasteiger partial charge in [0, 0.05) is 15.6 Å². The maximum atomic E-state index is 11.9. The van der Waals surface area contributed by atoms with Crippen LogP contribution in [0.1, 0.15) is 11.1 Å². The summed E-state index contributed by atoms with van der Waals surface area (Å²) in [6.07, 6.45) is 1.50. The maximum absolute atomic E-state index is 11.9. The van der Waals surface area contributed by atoms with Crippen LogP contribution >= 0.6 is 23.2 Å². The third-order valence-corrected chi connectivity index (χ3v) is 4.70. The summed E-state index contributed by atoms with van der Waals surface area (Å²) >= 11 is 12.0. The summed E-state index contributed by atoms with van der Waals surface area (Å²) in [7, 11) is 1.55. The number of hydrazone groups is 1. The van der Waals surface area contributed by atoms with E-state index in [9.17, 15) is 4.79 Å². The number of nitrogens with one attached hydrogen (secondary N) is 1. The molecule has 0 bridgehead atoms. The Morgan fingerprint density at radius 1 is 1.00 bits per heavy atom. The lowest BCUT2D eigenvalue weighted by Crippen LogP contribution is -2.24. The van der Waals surface area contributed by atoms with Gasteiger partial charge in [0.15, 0.2) is 18.1 Å². The molecule has 6 nitrogen and oxygen atoms in total. The van der Waals surface area contributed by atoms with Crippen LogP contribution in [0.25, 0.3) is 0 Å². The molecule has 1 N–H and O–H groups in total. The number of carbonyl (C=O) groups excluding carboxylic acids is 1. The second-order valence-corrected chi connectivity index (χ2v) is 7.17. The molecule has 0 aliphatic rings. The van der Waals surface area contributed by atoms with Crippen molar-refractivity contribution in [3.63, 3.8) is 0 Å². The molecule has 0 atom stereocenters. The van der Waals surface area contributed by atoms with Crippen LogP contribution in [0.4, 0.5) is 0 Å². The topological polar surface area (TPSA) is 69.2 Å². The molecular formula is C23H20Cl2N2O4. The molecule has 0 heterocycles. The lowest BCUT2D eigenvalue weighted by atomic mass is 10.2. The lowest BCUT2D eigenvalue weighted by molar-refractivity contribution is -0.123. The Morgan fingerprint density at radius 2 is 1.84 bits per heavy atom. The van der Waals surface area contributed by atoms with E-state index in [2.05, 4.69) is 10.5 Å². The van der Waals surface area contributed by atoms with Crippen molar-refractivity contribution in [2.24, 2.45) is 5.10 Å². The van der Waals surface area contributed by atoms with Crippen LogP contribution in [-0.2, 0) is 11.4 Å². The standard InChI is InChI=1S/C23H20Cl2N2O4/c1-29-22-11-16(9-10-21(22)31-14-17-5-2-3-8-20(17)25)13-26-27-23(28)15-30-19-7-4-6-18(24)12-19/h2-13H,14-15H2,1H3,(H,27,28)/b26-13+. The van der Waals surface area contributed by atoms with Crippen molar-refractivity contribution >= 4 is 35.3 Å². The van der Waals surface area contributed by atoms with Gasteiger partial charge in [-0.2, -0.15) is 5.10 Å². The van der Waals surface area contributed by atoms with E-state index < -0.39 is 5.91 Å². The van der Waals surface area contributed by atoms with E-state index in [1.54, 1.807) is 49.6 Å². The van der Waals surface area contributed by atoms with Gasteiger partial charge in [-0.3, -0.25) is 4.79 Å². The quantitative estimate of drug-likeness (QED) is 0.357. The molecule has 1 amide bonds. The number of methoxy groups -OCH3 is 1. The summed E-state index contributed by atoms with van der Waals surface area (Å²) in [6, 6.07) is 19.6. The van der Waals surface area contributed by atoms with Crippen molar-refractivity contribution in [3.8, 4) is 17.2 Å². The summed E-state index contributed by atoms with van der Waals surface area (Å²) in [5.41, 5.74) is 4.00. The van der Waals surface area contributed by atoms with Crippen LogP contribution in [0.15, 0.2) is 71.8 Å². The highest BCUT2D eigenvalue weighted by Crippen LogP contribution is 2.29. The van der Waals surface area contributed by atoms with Crippen molar-refractivity contribution in [2.75, 3.05) is 13.7 Å². The molecule has 0 saturated heterocycles. The molecule has 3 aromatic carbocycles. The third-order valence-electron chi connectivity index (χ3n) is 4.10. The highest BCUT2D eigenvalue weighted by molar-refractivity contribution is 6.31. The Labute approximate surface area is 190 Å². The van der Waals surface area contributed by atoms with Crippen LogP contribution in [0.5, 0.6) is 17.2 Å². The van der Waals surface area contributed by atoms with Crippen LogP contribution in [0.3, 0.4) is 0 Å². The van der Waals surface area contributed by atoms with Crippen molar-refractivity contribution < 1.29 is 19.0 Å². The van der Waals surface area contributed by atoms with Crippen molar-refractivity contribution in [1.29, 1.82) is 0 Å². The zero-order valence-corrected chi connectivity index (χ0v) is 18.2. The van der Waals surface area contributed by atoms with Crippen molar-refractivity contribution in [1.82, 2.24) is 5.43 Å². The van der Waals surface area contributed by atoms with E-state index in [0.29, 0.717) is 33.9 Å². The third kappa shape index (κ3) is 6.91. The van der Waals surface area contributed by atoms with Gasteiger partial charge in [0.2, 0.25) is 0 Å². The van der Waals surface area contributed by atoms with E-state index in [0.717, 1.165) is 11.1 Å². The number of hydrogen-bond acceptors (Lipinski definition) is 5. The van der Waals surface area contributed by atoms with Gasteiger partial charge in [-0.1, -0.05) is 47.5 Å². The van der Waals surface area contributed by atoms with Gasteiger partial charge in [0.05, 0.1) is 13.3 Å². The fraction of sp³-hybridized carbons (Fsp3) is 0.130. The highest BCUT2D eigenvalue weighted by Gasteiger charge is 2.07. The molecule has 0 aliphatic carbocycles. The monoisotopic (exact) mass is 458 g/mol. The summed E-state index contributed by atoms with van der Waals surface area (Å²) in [5, 5.41) is 5.11. The largest absolute Gasteiger partial charge is 0.493 e. The molecule has 0 fully saturated rings. The molecule has 8 heteroatoms. The average Bonchev–Trinajstić information content (AvgIpc) is 2.77. The summed E-state index contributed by atoms with van der Waals surface area (Å²) in [6.45, 7) is 0.127. The number of benzene rings is 3. The number of rotatable bonds is 9. The first kappa shape index (κ1) is 22.5. The van der Waals surface area contributed by atoms with E-state index in [1.807, 2.05) is 24.3 Å². The second-order valence-electron chi connectivity index (χ2n) is 6.33. The van der Waals surface area contributed by atoms with E-state index >= 15 is 0 Å². The minimum atomic E-state index is -0.400. The lowest BCUT2D eigenvalue weighted by Gasteiger charge is -2.12. The molecule has 0 unspecified atom stereocenters. The first-order valence-electron chi connectivity index (χ1n) is 9.29. The van der Waals surface area contributed by atoms with Crippen LogP contribution in [0.2, 0.25) is 10.0 Å². The van der Waals surface area contributed by atoms with Gasteiger partial charge in [-0.15, -0.1) is 0 Å². The Bertz CT molecular complexity index is 1070. The number of hydrogen-bond donors (Lipinski definition) is 1. The van der Waals surface area contributed by atoms with Gasteiger partial charge in [-0.05, 0) is 48.0 Å². The first-order chi connectivity index (χ1) is 15.0. The molecule has 0 saturated carbocycles. The van der Waals surface area contributed by atoms with E-state index in [4.69, 9.17) is 37.4 Å². The Morgan fingerprint density at radius 3 is 2.61 bits per heavy atom. The minimum Gasteiger partial charge on any atom is -0.493 e. The Kier molecular flexibility index (Phi) is 8.15. The molecule has 0 radical (unpaired) electrons. The van der Waals surface area contributed by atoms with Gasteiger partial charge >= 0.3 is 0 Å². The average molecular weight is 459 g/mol. The fourth-order valence-electron chi connectivity index (χ4n) is 2.57. The predicted molar refractivity (Wildman–Crippen MR) is 121 cm³/mol. The normalized spacial score (nSPS) is 10.7. The van der Waals surface area contributed by atoms with E-state index in [1.165, 1.54) is 6.21 Å². The van der Waals surface area contributed by atoms with Crippen molar-refractivity contribution in [3.05, 3.63) is 87.9 Å². The number of ether oxygens (including phenoxy) is 3. The molecule has 31 heavy (non-hydrogen) atoms. The maximum Gasteiger partial charge on any atom is 0.277 e. The van der Waals surface area contributed by atoms with Crippen LogP contribution in [-0.4, -0.2) is 25.8 Å². The van der Waals surface area contributed by atoms with Crippen LogP contribution < -0.4 is 19.6 Å². The number of halogens is 2. The van der Waals surface area contributed by atoms with Gasteiger partial charge < -0.3 is 14.2 Å². The zero-order valence-electron chi connectivity index (χ0n) is 16.7. The first-order valence-corrected chi connectivity index (χ1v) is 10.1. The van der Waals surface area contributed by atoms with E-state index in [-0.39, 0.29) is 6.61 Å². The molecule has 160 valence electrons. The summed E-state index contributed by atoms with van der Waals surface area (Å²) < 4.78 is 16.6. The SMILES string of the molecule is COc1cc(/C=N/NC(=O)COc2cccc(Cl)c2)ccc1OCc1ccccc1Cl. The number of nitrogens with zero attached hydrogens (tertiary/aromatic N) is 1. The van der Waals surface area contributed by atoms with Gasteiger partial charge in [0.25, 0.3) is 5.91 Å². The fourth-order valence-corrected chi connectivity index (χ4v) is 2.94. The van der Waals surface area contributed by atoms with Gasteiger partial charge in [-0.25, -0.2) is 5.43 Å². The smallest absolute Gasteiger partial charge is 0.277 e. The Balaban J connectivity index is 1.53. The molecule has 3 aromatic rings. The zero-order chi connectivity index (χ0) is 22.1. The summed E-state index contributed by atoms with van der Waals surface area (Å²) in [4.78, 5) is 11.9. The second kappa shape index (κ2) is 11.2. The summed E-state index contributed by atoms with van der Waals surface area (Å²) in [5.74, 6) is 1.21. The van der Waals surface area contributed by atoms with Gasteiger partial charge in [0.1, 0.15) is 12.4 Å². The highest BCUT2D eigenvalue weighted by atomic mass is 35.5. The number of carbonyl (C=O) groups is 1. The molecule has 0 spiro atoms. The van der Waals surface area contributed by atoms with Crippen LogP contribution in [0, 0.1) is 0 Å². The Hall–Kier alpha value is -3.22. The van der Waals surface area contributed by atoms with Crippen molar-refractivity contribution in [2.45, 2.75) is 6.61 Å². The molecule has 0 aromatic heterocycles. The molecule has 0 aliphatic heterocycles.